The van der Waals surface area contributed by atoms with Gasteiger partial charge >= 0.3 is 0 Å². The maximum atomic E-state index is 12.4. The van der Waals surface area contributed by atoms with Crippen molar-refractivity contribution in [2.45, 2.75) is 31.5 Å². The van der Waals surface area contributed by atoms with E-state index in [2.05, 4.69) is 0 Å². The molecule has 4 fully saturated rings. The summed E-state index contributed by atoms with van der Waals surface area (Å²) in [5.74, 6) is -1.08. The first-order valence-corrected chi connectivity index (χ1v) is 10.5. The third-order valence-electron chi connectivity index (χ3n) is 4.72. The average Bonchev–Trinajstić information content (AvgIpc) is 2.29. The summed E-state index contributed by atoms with van der Waals surface area (Å²) in [6, 6.07) is 0. The van der Waals surface area contributed by atoms with Crippen molar-refractivity contribution in [2.24, 2.45) is 23.7 Å². The summed E-state index contributed by atoms with van der Waals surface area (Å²) in [7, 11) is -7.43. The van der Waals surface area contributed by atoms with Gasteiger partial charge in [0.15, 0.2) is 0 Å². The van der Waals surface area contributed by atoms with Gasteiger partial charge in [0.1, 0.15) is 5.78 Å². The molecule has 4 aliphatic rings. The maximum absolute atomic E-state index is 12.4. The van der Waals surface area contributed by atoms with E-state index >= 15 is 0 Å². The van der Waals surface area contributed by atoms with Crippen LogP contribution in [0.2, 0.25) is 0 Å². The second kappa shape index (κ2) is 4.74. The summed E-state index contributed by atoms with van der Waals surface area (Å²) in [5.41, 5.74) is 0. The van der Waals surface area contributed by atoms with Crippen LogP contribution in [0.15, 0.2) is 0 Å². The first-order valence-electron chi connectivity index (χ1n) is 6.85. The Labute approximate surface area is 124 Å². The minimum atomic E-state index is -3.72. The van der Waals surface area contributed by atoms with Crippen LogP contribution in [-0.4, -0.2) is 47.3 Å². The van der Waals surface area contributed by atoms with Crippen LogP contribution < -0.4 is 0 Å². The van der Waals surface area contributed by atoms with Gasteiger partial charge in [-0.25, -0.2) is 0 Å². The van der Waals surface area contributed by atoms with E-state index in [0.717, 1.165) is 12.5 Å². The zero-order chi connectivity index (χ0) is 15.6. The lowest BCUT2D eigenvalue weighted by molar-refractivity contribution is -0.168. The van der Waals surface area contributed by atoms with E-state index < -0.39 is 44.3 Å². The van der Waals surface area contributed by atoms with Crippen LogP contribution in [-0.2, 0) is 33.4 Å². The zero-order valence-electron chi connectivity index (χ0n) is 11.8. The summed E-state index contributed by atoms with van der Waals surface area (Å²) in [6.07, 6.45) is 2.17. The van der Waals surface area contributed by atoms with E-state index in [-0.39, 0.29) is 11.7 Å². The molecule has 0 radical (unpaired) electrons. The van der Waals surface area contributed by atoms with Crippen LogP contribution in [0, 0.1) is 23.7 Å². The highest BCUT2D eigenvalue weighted by atomic mass is 32.2. The number of carbonyl (C=O) groups excluding carboxylic acids is 1. The van der Waals surface area contributed by atoms with Gasteiger partial charge < -0.3 is 0 Å². The molecular weight excluding hydrogens is 320 g/mol. The lowest BCUT2D eigenvalue weighted by Gasteiger charge is -2.55. The topological polar surface area (TPSA) is 104 Å². The molecule has 0 saturated heterocycles. The smallest absolute Gasteiger partial charge is 0.264 e. The Kier molecular flexibility index (Phi) is 3.47. The molecule has 0 heterocycles. The molecule has 120 valence electrons. The Hall–Kier alpha value is -0.510. The van der Waals surface area contributed by atoms with E-state index in [9.17, 15) is 21.6 Å². The molecule has 0 aromatic heterocycles. The van der Waals surface area contributed by atoms with Gasteiger partial charge in [-0.3, -0.25) is 13.2 Å². The minimum Gasteiger partial charge on any atom is -0.299 e. The fourth-order valence-corrected chi connectivity index (χ4v) is 5.58. The van der Waals surface area contributed by atoms with Crippen molar-refractivity contribution >= 4 is 26.0 Å². The average molecular weight is 338 g/mol. The lowest BCUT2D eigenvalue weighted by atomic mass is 9.53. The molecule has 4 saturated carbocycles. The second-order valence-electron chi connectivity index (χ2n) is 6.38. The molecule has 4 aliphatic carbocycles. The molecule has 0 N–H and O–H groups in total. The van der Waals surface area contributed by atoms with Crippen molar-refractivity contribution in [2.75, 3.05) is 12.5 Å². The number of hydrogen-bond acceptors (Lipinski definition) is 7. The van der Waals surface area contributed by atoms with Crippen LogP contribution in [0.5, 0.6) is 0 Å². The second-order valence-corrected chi connectivity index (χ2v) is 9.58. The van der Waals surface area contributed by atoms with Crippen LogP contribution >= 0.6 is 0 Å². The van der Waals surface area contributed by atoms with E-state index in [0.29, 0.717) is 25.2 Å². The SMILES string of the molecule is CS(=O)(=O)OC1C2CC3CC(C2=O)C(OS(C)(=O)=O)C1C3. The molecule has 0 aromatic rings. The van der Waals surface area contributed by atoms with Gasteiger partial charge in [0.05, 0.1) is 24.7 Å². The summed E-state index contributed by atoms with van der Waals surface area (Å²) in [5, 5.41) is 0. The molecule has 21 heavy (non-hydrogen) atoms. The lowest BCUT2D eigenvalue weighted by Crippen LogP contribution is -2.62. The third kappa shape index (κ3) is 2.88. The Morgan fingerprint density at radius 3 is 1.67 bits per heavy atom. The van der Waals surface area contributed by atoms with Crippen LogP contribution in [0.1, 0.15) is 19.3 Å². The third-order valence-corrected chi connectivity index (χ3v) is 5.86. The quantitative estimate of drug-likeness (QED) is 0.660. The Morgan fingerprint density at radius 1 is 0.857 bits per heavy atom. The van der Waals surface area contributed by atoms with Crippen molar-refractivity contribution in [3.63, 3.8) is 0 Å². The molecular formula is C12H18O7S2. The molecule has 4 rings (SSSR count). The summed E-state index contributed by atoms with van der Waals surface area (Å²) < 4.78 is 55.9. The standard InChI is InChI=1S/C12H18O7S2/c1-20(14,15)18-11-7-3-6-4-8(10(7)13)12(9(11)5-6)19-21(2,16)17/h6-9,11-12H,3-5H2,1-2H3. The predicted octanol–water partition coefficient (Wildman–Crippen LogP) is -0.0790. The van der Waals surface area contributed by atoms with Gasteiger partial charge in [-0.05, 0) is 25.2 Å². The van der Waals surface area contributed by atoms with Crippen LogP contribution in [0.25, 0.3) is 0 Å². The summed E-state index contributed by atoms with van der Waals surface area (Å²) >= 11 is 0. The van der Waals surface area contributed by atoms with Crippen molar-refractivity contribution in [3.8, 4) is 0 Å². The highest BCUT2D eigenvalue weighted by molar-refractivity contribution is 7.86. The Morgan fingerprint density at radius 2 is 1.29 bits per heavy atom. The predicted molar refractivity (Wildman–Crippen MR) is 72.3 cm³/mol. The van der Waals surface area contributed by atoms with E-state index in [1.54, 1.807) is 0 Å². The van der Waals surface area contributed by atoms with Crippen molar-refractivity contribution < 1.29 is 30.0 Å². The zero-order valence-corrected chi connectivity index (χ0v) is 13.4. The van der Waals surface area contributed by atoms with E-state index in [1.165, 1.54) is 0 Å². The van der Waals surface area contributed by atoms with Gasteiger partial charge in [-0.1, -0.05) is 0 Å². The van der Waals surface area contributed by atoms with E-state index in [4.69, 9.17) is 8.37 Å². The molecule has 0 amide bonds. The van der Waals surface area contributed by atoms with E-state index in [1.807, 2.05) is 0 Å². The number of Topliss-reactive ketones (excluding diaryl/α,β-unsaturated/α-hetero) is 1. The molecule has 0 aromatic carbocycles. The molecule has 4 unspecified atom stereocenters. The monoisotopic (exact) mass is 338 g/mol. The molecule has 4 atom stereocenters. The van der Waals surface area contributed by atoms with Gasteiger partial charge in [-0.2, -0.15) is 16.8 Å². The first kappa shape index (κ1) is 15.4. The highest BCUT2D eigenvalue weighted by Crippen LogP contribution is 2.54. The van der Waals surface area contributed by atoms with Gasteiger partial charge in [-0.15, -0.1) is 0 Å². The van der Waals surface area contributed by atoms with Crippen molar-refractivity contribution in [1.29, 1.82) is 0 Å². The molecule has 0 spiro atoms. The van der Waals surface area contributed by atoms with Crippen LogP contribution in [0.4, 0.5) is 0 Å². The van der Waals surface area contributed by atoms with Gasteiger partial charge in [0, 0.05) is 17.8 Å². The normalized spacial score (nSPS) is 42.5. The van der Waals surface area contributed by atoms with Crippen molar-refractivity contribution in [3.05, 3.63) is 0 Å². The van der Waals surface area contributed by atoms with Crippen LogP contribution in [0.3, 0.4) is 0 Å². The Bertz CT molecular complexity index is 612. The van der Waals surface area contributed by atoms with Gasteiger partial charge in [0.2, 0.25) is 0 Å². The van der Waals surface area contributed by atoms with Crippen molar-refractivity contribution in [1.82, 2.24) is 0 Å². The Balaban J connectivity index is 1.95. The number of carbonyl (C=O) groups is 1. The molecule has 7 nitrogen and oxygen atoms in total. The summed E-state index contributed by atoms with van der Waals surface area (Å²) in [6.45, 7) is 0. The largest absolute Gasteiger partial charge is 0.299 e. The number of ketones is 1. The molecule has 4 bridgehead atoms. The number of rotatable bonds is 4. The fraction of sp³-hybridized carbons (Fsp3) is 0.917. The molecule has 0 aliphatic heterocycles. The molecule has 9 heteroatoms. The maximum Gasteiger partial charge on any atom is 0.264 e. The summed E-state index contributed by atoms with van der Waals surface area (Å²) in [4.78, 5) is 12.4. The fourth-order valence-electron chi connectivity index (χ4n) is 4.22. The minimum absolute atomic E-state index is 0.121. The van der Waals surface area contributed by atoms with Gasteiger partial charge in [0.25, 0.3) is 20.2 Å². The first-order chi connectivity index (χ1) is 9.55. The highest BCUT2D eigenvalue weighted by Gasteiger charge is 2.60. The number of hydrogen-bond donors (Lipinski definition) is 0.